The number of guanidine groups is 1. The molecule has 2 aliphatic heterocycles. The van der Waals surface area contributed by atoms with Gasteiger partial charge in [0.05, 0.1) is 13.2 Å². The molecule has 0 aromatic heterocycles. The van der Waals surface area contributed by atoms with Crippen LogP contribution in [0.15, 0.2) is 4.99 Å². The molecule has 25 heavy (non-hydrogen) atoms. The fraction of sp³-hybridized carbons (Fsp3) is 0.944. The maximum atomic E-state index is 5.47. The Morgan fingerprint density at radius 3 is 2.40 bits per heavy atom. The minimum atomic E-state index is 0. The quantitative estimate of drug-likeness (QED) is 0.366. The molecule has 0 aromatic carbocycles. The van der Waals surface area contributed by atoms with Gasteiger partial charge in [-0.2, -0.15) is 0 Å². The molecule has 7 heteroatoms. The number of aliphatic imine (C=N–C) groups is 1. The maximum Gasteiger partial charge on any atom is 0.191 e. The van der Waals surface area contributed by atoms with Crippen molar-refractivity contribution in [2.75, 3.05) is 53.0 Å². The summed E-state index contributed by atoms with van der Waals surface area (Å²) < 4.78 is 5.47. The van der Waals surface area contributed by atoms with Crippen molar-refractivity contribution in [2.24, 2.45) is 10.9 Å². The van der Waals surface area contributed by atoms with E-state index in [0.717, 1.165) is 51.9 Å². The van der Waals surface area contributed by atoms with Crippen molar-refractivity contribution in [3.63, 3.8) is 0 Å². The normalized spacial score (nSPS) is 26.6. The SMILES string of the molecule is CN=C(NCC(C)(C)N1CCOCC1)NC1CN(C(C)C)CC1C.I. The lowest BCUT2D eigenvalue weighted by molar-refractivity contribution is -0.00835. The van der Waals surface area contributed by atoms with Gasteiger partial charge < -0.3 is 15.4 Å². The second-order valence-electron chi connectivity index (χ2n) is 8.11. The van der Waals surface area contributed by atoms with Gasteiger partial charge in [-0.15, -0.1) is 24.0 Å². The molecule has 0 bridgehead atoms. The number of ether oxygens (including phenoxy) is 1. The van der Waals surface area contributed by atoms with E-state index in [0.29, 0.717) is 18.0 Å². The molecule has 2 aliphatic rings. The maximum absolute atomic E-state index is 5.47. The van der Waals surface area contributed by atoms with E-state index in [9.17, 15) is 0 Å². The Labute approximate surface area is 171 Å². The van der Waals surface area contributed by atoms with Crippen LogP contribution in [0.4, 0.5) is 0 Å². The van der Waals surface area contributed by atoms with Crippen LogP contribution in [0.1, 0.15) is 34.6 Å². The number of halogens is 1. The number of hydrogen-bond acceptors (Lipinski definition) is 4. The summed E-state index contributed by atoms with van der Waals surface area (Å²) in [4.78, 5) is 9.47. The molecule has 0 saturated carbocycles. The van der Waals surface area contributed by atoms with Gasteiger partial charge in [-0.25, -0.2) is 0 Å². The number of nitrogens with one attached hydrogen (secondary N) is 2. The first-order chi connectivity index (χ1) is 11.3. The number of rotatable bonds is 5. The molecule has 2 heterocycles. The average molecular weight is 467 g/mol. The van der Waals surface area contributed by atoms with Crippen molar-refractivity contribution in [2.45, 2.75) is 52.2 Å². The highest BCUT2D eigenvalue weighted by Gasteiger charge is 2.32. The summed E-state index contributed by atoms with van der Waals surface area (Å²) in [6, 6.07) is 1.07. The number of nitrogens with zero attached hydrogens (tertiary/aromatic N) is 3. The monoisotopic (exact) mass is 467 g/mol. The fourth-order valence-corrected chi connectivity index (χ4v) is 3.56. The van der Waals surface area contributed by atoms with Gasteiger partial charge >= 0.3 is 0 Å². The van der Waals surface area contributed by atoms with Crippen molar-refractivity contribution < 1.29 is 4.74 Å². The second-order valence-corrected chi connectivity index (χ2v) is 8.11. The highest BCUT2D eigenvalue weighted by molar-refractivity contribution is 14.0. The van der Waals surface area contributed by atoms with Crippen molar-refractivity contribution in [3.8, 4) is 0 Å². The largest absolute Gasteiger partial charge is 0.379 e. The van der Waals surface area contributed by atoms with Crippen LogP contribution < -0.4 is 10.6 Å². The average Bonchev–Trinajstić information content (AvgIpc) is 2.93. The van der Waals surface area contributed by atoms with E-state index in [1.54, 1.807) is 0 Å². The molecule has 2 unspecified atom stereocenters. The summed E-state index contributed by atoms with van der Waals surface area (Å²) >= 11 is 0. The van der Waals surface area contributed by atoms with Gasteiger partial charge in [-0.1, -0.05) is 6.92 Å². The summed E-state index contributed by atoms with van der Waals surface area (Å²) in [6.07, 6.45) is 0. The van der Waals surface area contributed by atoms with Crippen LogP contribution in [0.25, 0.3) is 0 Å². The molecule has 0 radical (unpaired) electrons. The molecule has 2 fully saturated rings. The van der Waals surface area contributed by atoms with Gasteiger partial charge in [0.1, 0.15) is 0 Å². The molecular weight excluding hydrogens is 429 g/mol. The number of hydrogen-bond donors (Lipinski definition) is 2. The fourth-order valence-electron chi connectivity index (χ4n) is 3.56. The third-order valence-corrected chi connectivity index (χ3v) is 5.47. The van der Waals surface area contributed by atoms with E-state index in [4.69, 9.17) is 4.74 Å². The summed E-state index contributed by atoms with van der Waals surface area (Å²) in [6.45, 7) is 18.2. The van der Waals surface area contributed by atoms with Crippen LogP contribution >= 0.6 is 24.0 Å². The van der Waals surface area contributed by atoms with Gasteiger partial charge in [0.15, 0.2) is 5.96 Å². The highest BCUT2D eigenvalue weighted by atomic mass is 127. The third-order valence-electron chi connectivity index (χ3n) is 5.47. The number of likely N-dealkylation sites (tertiary alicyclic amines) is 1. The van der Waals surface area contributed by atoms with Crippen LogP contribution in [0, 0.1) is 5.92 Å². The van der Waals surface area contributed by atoms with Gasteiger partial charge in [-0.05, 0) is 33.6 Å². The molecule has 2 atom stereocenters. The van der Waals surface area contributed by atoms with Crippen LogP contribution in [-0.2, 0) is 4.74 Å². The lowest BCUT2D eigenvalue weighted by Gasteiger charge is -2.41. The topological polar surface area (TPSA) is 52.1 Å². The van der Waals surface area contributed by atoms with E-state index >= 15 is 0 Å². The van der Waals surface area contributed by atoms with Crippen molar-refractivity contribution in [3.05, 3.63) is 0 Å². The second kappa shape index (κ2) is 10.3. The highest BCUT2D eigenvalue weighted by Crippen LogP contribution is 2.19. The van der Waals surface area contributed by atoms with E-state index in [1.807, 2.05) is 7.05 Å². The Morgan fingerprint density at radius 2 is 1.88 bits per heavy atom. The van der Waals surface area contributed by atoms with E-state index < -0.39 is 0 Å². The van der Waals surface area contributed by atoms with Gasteiger partial charge in [0.25, 0.3) is 0 Å². The Hall–Kier alpha value is -0.120. The standard InChI is InChI=1S/C18H37N5O.HI/c1-14(2)22-11-15(3)16(12-22)21-17(19-6)20-13-18(4,5)23-7-9-24-10-8-23;/h14-16H,7-13H2,1-6H3,(H2,19,20,21);1H. The Kier molecular flexibility index (Phi) is 9.42. The molecular formula is C18H38IN5O. The molecule has 148 valence electrons. The lowest BCUT2D eigenvalue weighted by Crippen LogP contribution is -2.57. The van der Waals surface area contributed by atoms with Gasteiger partial charge in [-0.3, -0.25) is 14.8 Å². The lowest BCUT2D eigenvalue weighted by atomic mass is 10.0. The summed E-state index contributed by atoms with van der Waals surface area (Å²) in [7, 11) is 1.86. The molecule has 0 spiro atoms. The zero-order valence-electron chi connectivity index (χ0n) is 16.8. The molecule has 2 saturated heterocycles. The van der Waals surface area contributed by atoms with Crippen molar-refractivity contribution in [1.82, 2.24) is 20.4 Å². The smallest absolute Gasteiger partial charge is 0.191 e. The molecule has 0 aliphatic carbocycles. The molecule has 6 nitrogen and oxygen atoms in total. The summed E-state index contributed by atoms with van der Waals surface area (Å²) in [5.74, 6) is 1.55. The predicted octanol–water partition coefficient (Wildman–Crippen LogP) is 1.61. The first kappa shape index (κ1) is 22.9. The van der Waals surface area contributed by atoms with E-state index in [-0.39, 0.29) is 29.5 Å². The summed E-state index contributed by atoms with van der Waals surface area (Å²) in [5.41, 5.74) is 0.0899. The van der Waals surface area contributed by atoms with E-state index in [2.05, 4.69) is 60.0 Å². The van der Waals surface area contributed by atoms with Crippen molar-refractivity contribution in [1.29, 1.82) is 0 Å². The van der Waals surface area contributed by atoms with Crippen molar-refractivity contribution >= 4 is 29.9 Å². The Balaban J connectivity index is 0.00000312. The first-order valence-electron chi connectivity index (χ1n) is 9.37. The van der Waals surface area contributed by atoms with Crippen LogP contribution in [0.3, 0.4) is 0 Å². The third kappa shape index (κ3) is 6.52. The minimum Gasteiger partial charge on any atom is -0.379 e. The minimum absolute atomic E-state index is 0. The Morgan fingerprint density at radius 1 is 1.24 bits per heavy atom. The zero-order chi connectivity index (χ0) is 17.7. The summed E-state index contributed by atoms with van der Waals surface area (Å²) in [5, 5.41) is 7.17. The zero-order valence-corrected chi connectivity index (χ0v) is 19.2. The van der Waals surface area contributed by atoms with Crippen LogP contribution in [-0.4, -0.2) is 86.4 Å². The predicted molar refractivity (Wildman–Crippen MR) is 116 cm³/mol. The molecule has 2 N–H and O–H groups in total. The van der Waals surface area contributed by atoms with Gasteiger partial charge in [0, 0.05) is 57.4 Å². The van der Waals surface area contributed by atoms with E-state index in [1.165, 1.54) is 0 Å². The molecule has 0 amide bonds. The van der Waals surface area contributed by atoms with Crippen LogP contribution in [0.5, 0.6) is 0 Å². The molecule has 2 rings (SSSR count). The molecule has 0 aromatic rings. The van der Waals surface area contributed by atoms with Gasteiger partial charge in [0.2, 0.25) is 0 Å². The first-order valence-corrected chi connectivity index (χ1v) is 9.37. The number of morpholine rings is 1. The Bertz CT molecular complexity index is 424. The van der Waals surface area contributed by atoms with Crippen LogP contribution in [0.2, 0.25) is 0 Å².